The highest BCUT2D eigenvalue weighted by atomic mass is 16.5. The Morgan fingerprint density at radius 3 is 2.50 bits per heavy atom. The van der Waals surface area contributed by atoms with Gasteiger partial charge in [0.15, 0.2) is 0 Å². The van der Waals surface area contributed by atoms with Crippen molar-refractivity contribution in [2.24, 2.45) is 5.92 Å². The SMILES string of the molecule is CCOCCC(=O)C1Cc2ccccc2C1. The second kappa shape index (κ2) is 5.26. The topological polar surface area (TPSA) is 26.3 Å². The summed E-state index contributed by atoms with van der Waals surface area (Å²) in [6, 6.07) is 8.36. The molecule has 0 amide bonds. The Morgan fingerprint density at radius 2 is 1.94 bits per heavy atom. The predicted molar refractivity (Wildman–Crippen MR) is 63.5 cm³/mol. The van der Waals surface area contributed by atoms with Crippen LogP contribution in [0.5, 0.6) is 0 Å². The van der Waals surface area contributed by atoms with Crippen molar-refractivity contribution in [2.75, 3.05) is 13.2 Å². The lowest BCUT2D eigenvalue weighted by atomic mass is 9.99. The summed E-state index contributed by atoms with van der Waals surface area (Å²) >= 11 is 0. The third-order valence-electron chi connectivity index (χ3n) is 3.20. The number of ether oxygens (including phenoxy) is 1. The van der Waals surface area contributed by atoms with Crippen LogP contribution in [0.25, 0.3) is 0 Å². The van der Waals surface area contributed by atoms with E-state index in [1.165, 1.54) is 11.1 Å². The van der Waals surface area contributed by atoms with E-state index in [2.05, 4.69) is 12.1 Å². The molecule has 0 saturated carbocycles. The minimum atomic E-state index is 0.192. The van der Waals surface area contributed by atoms with Gasteiger partial charge in [-0.25, -0.2) is 0 Å². The highest BCUT2D eigenvalue weighted by Crippen LogP contribution is 2.27. The van der Waals surface area contributed by atoms with Gasteiger partial charge in [-0.2, -0.15) is 0 Å². The Kier molecular flexibility index (Phi) is 3.73. The van der Waals surface area contributed by atoms with Gasteiger partial charge in [0, 0.05) is 18.9 Å². The maximum atomic E-state index is 11.9. The lowest BCUT2D eigenvalue weighted by molar-refractivity contribution is -0.123. The Bertz CT molecular complexity index is 346. The number of fused-ring (bicyclic) bond motifs is 1. The van der Waals surface area contributed by atoms with Crippen LogP contribution in [0.15, 0.2) is 24.3 Å². The van der Waals surface area contributed by atoms with E-state index in [4.69, 9.17) is 4.74 Å². The molecule has 1 aromatic carbocycles. The molecule has 0 atom stereocenters. The first-order valence-corrected chi connectivity index (χ1v) is 5.98. The molecular formula is C14H18O2. The minimum absolute atomic E-state index is 0.192. The second-order valence-electron chi connectivity index (χ2n) is 4.29. The smallest absolute Gasteiger partial charge is 0.138 e. The number of hydrogen-bond acceptors (Lipinski definition) is 2. The number of benzene rings is 1. The Morgan fingerprint density at radius 1 is 1.31 bits per heavy atom. The van der Waals surface area contributed by atoms with Crippen LogP contribution in [0, 0.1) is 5.92 Å². The number of carbonyl (C=O) groups excluding carboxylic acids is 1. The summed E-state index contributed by atoms with van der Waals surface area (Å²) in [7, 11) is 0. The molecule has 0 unspecified atom stereocenters. The number of rotatable bonds is 5. The zero-order valence-corrected chi connectivity index (χ0v) is 9.74. The Balaban J connectivity index is 1.88. The van der Waals surface area contributed by atoms with Crippen LogP contribution in [0.1, 0.15) is 24.5 Å². The molecule has 1 aliphatic rings. The van der Waals surface area contributed by atoms with Gasteiger partial charge < -0.3 is 4.74 Å². The van der Waals surface area contributed by atoms with Gasteiger partial charge in [0.2, 0.25) is 0 Å². The molecule has 86 valence electrons. The summed E-state index contributed by atoms with van der Waals surface area (Å²) in [5, 5.41) is 0. The van der Waals surface area contributed by atoms with Crippen molar-refractivity contribution >= 4 is 5.78 Å². The van der Waals surface area contributed by atoms with Crippen molar-refractivity contribution < 1.29 is 9.53 Å². The predicted octanol–water partition coefficient (Wildman–Crippen LogP) is 2.40. The molecule has 0 saturated heterocycles. The van der Waals surface area contributed by atoms with Gasteiger partial charge in [-0.05, 0) is 30.9 Å². The van der Waals surface area contributed by atoms with Gasteiger partial charge in [-0.1, -0.05) is 24.3 Å². The lowest BCUT2D eigenvalue weighted by Crippen LogP contribution is -2.16. The third-order valence-corrected chi connectivity index (χ3v) is 3.20. The van der Waals surface area contributed by atoms with E-state index in [1.54, 1.807) is 0 Å². The number of hydrogen-bond donors (Lipinski definition) is 0. The number of carbonyl (C=O) groups is 1. The standard InChI is InChI=1S/C14H18O2/c1-2-16-8-7-14(15)13-9-11-5-3-4-6-12(11)10-13/h3-6,13H,2,7-10H2,1H3. The van der Waals surface area contributed by atoms with E-state index in [1.807, 2.05) is 19.1 Å². The van der Waals surface area contributed by atoms with Crippen molar-refractivity contribution in [3.8, 4) is 0 Å². The first-order valence-electron chi connectivity index (χ1n) is 5.98. The summed E-state index contributed by atoms with van der Waals surface area (Å²) in [6.45, 7) is 3.22. The number of ketones is 1. The van der Waals surface area contributed by atoms with Crippen LogP contribution in [0.4, 0.5) is 0 Å². The second-order valence-corrected chi connectivity index (χ2v) is 4.29. The van der Waals surface area contributed by atoms with Gasteiger partial charge in [0.05, 0.1) is 6.61 Å². The molecule has 2 rings (SSSR count). The van der Waals surface area contributed by atoms with E-state index in [9.17, 15) is 4.79 Å². The van der Waals surface area contributed by atoms with E-state index >= 15 is 0 Å². The zero-order chi connectivity index (χ0) is 11.4. The molecule has 2 nitrogen and oxygen atoms in total. The average Bonchev–Trinajstić information content (AvgIpc) is 2.73. The fraction of sp³-hybridized carbons (Fsp3) is 0.500. The van der Waals surface area contributed by atoms with Gasteiger partial charge in [-0.15, -0.1) is 0 Å². The molecule has 2 heteroatoms. The summed E-state index contributed by atoms with van der Waals surface area (Å²) < 4.78 is 5.22. The van der Waals surface area contributed by atoms with E-state index in [0.29, 0.717) is 25.4 Å². The molecule has 0 N–H and O–H groups in total. The third kappa shape index (κ3) is 2.50. The molecule has 0 heterocycles. The van der Waals surface area contributed by atoms with Crippen molar-refractivity contribution in [1.29, 1.82) is 0 Å². The minimum Gasteiger partial charge on any atom is -0.381 e. The molecule has 16 heavy (non-hydrogen) atoms. The monoisotopic (exact) mass is 218 g/mol. The van der Waals surface area contributed by atoms with Crippen molar-refractivity contribution in [1.82, 2.24) is 0 Å². The molecule has 0 fully saturated rings. The number of Topliss-reactive ketones (excluding diaryl/α,β-unsaturated/α-hetero) is 1. The van der Waals surface area contributed by atoms with Crippen LogP contribution in [-0.2, 0) is 22.4 Å². The maximum absolute atomic E-state index is 11.9. The van der Waals surface area contributed by atoms with Crippen LogP contribution >= 0.6 is 0 Å². The fourth-order valence-corrected chi connectivity index (χ4v) is 2.31. The largest absolute Gasteiger partial charge is 0.381 e. The summed E-state index contributed by atoms with van der Waals surface area (Å²) in [5.41, 5.74) is 2.69. The quantitative estimate of drug-likeness (QED) is 0.709. The van der Waals surface area contributed by atoms with Crippen molar-refractivity contribution in [3.63, 3.8) is 0 Å². The molecule has 0 radical (unpaired) electrons. The zero-order valence-electron chi connectivity index (χ0n) is 9.74. The first kappa shape index (κ1) is 11.3. The Labute approximate surface area is 96.6 Å². The van der Waals surface area contributed by atoms with Gasteiger partial charge in [0.1, 0.15) is 5.78 Å². The normalized spacial score (nSPS) is 15.1. The average molecular weight is 218 g/mol. The van der Waals surface area contributed by atoms with Crippen LogP contribution in [-0.4, -0.2) is 19.0 Å². The molecular weight excluding hydrogens is 200 g/mol. The summed E-state index contributed by atoms with van der Waals surface area (Å²) in [6.07, 6.45) is 2.40. The van der Waals surface area contributed by atoms with Crippen LogP contribution < -0.4 is 0 Å². The van der Waals surface area contributed by atoms with Gasteiger partial charge in [0.25, 0.3) is 0 Å². The highest BCUT2D eigenvalue weighted by molar-refractivity contribution is 5.82. The van der Waals surface area contributed by atoms with Gasteiger partial charge >= 0.3 is 0 Å². The van der Waals surface area contributed by atoms with E-state index < -0.39 is 0 Å². The molecule has 0 spiro atoms. The maximum Gasteiger partial charge on any atom is 0.138 e. The van der Waals surface area contributed by atoms with E-state index in [-0.39, 0.29) is 5.92 Å². The van der Waals surface area contributed by atoms with Crippen molar-refractivity contribution in [3.05, 3.63) is 35.4 Å². The fourth-order valence-electron chi connectivity index (χ4n) is 2.31. The van der Waals surface area contributed by atoms with Crippen molar-refractivity contribution in [2.45, 2.75) is 26.2 Å². The molecule has 0 aliphatic heterocycles. The lowest BCUT2D eigenvalue weighted by Gasteiger charge is -2.07. The van der Waals surface area contributed by atoms with Crippen LogP contribution in [0.3, 0.4) is 0 Å². The van der Waals surface area contributed by atoms with Crippen LogP contribution in [0.2, 0.25) is 0 Å². The molecule has 1 aromatic rings. The molecule has 0 aromatic heterocycles. The Hall–Kier alpha value is -1.15. The molecule has 0 bridgehead atoms. The highest BCUT2D eigenvalue weighted by Gasteiger charge is 2.26. The molecule has 1 aliphatic carbocycles. The van der Waals surface area contributed by atoms with E-state index in [0.717, 1.165) is 12.8 Å². The summed E-state index contributed by atoms with van der Waals surface area (Å²) in [5.74, 6) is 0.544. The summed E-state index contributed by atoms with van der Waals surface area (Å²) in [4.78, 5) is 11.9. The van der Waals surface area contributed by atoms with Gasteiger partial charge in [-0.3, -0.25) is 4.79 Å². The first-order chi connectivity index (χ1) is 7.81.